The summed E-state index contributed by atoms with van der Waals surface area (Å²) in [5.41, 5.74) is 4.99. The van der Waals surface area contributed by atoms with E-state index in [4.69, 9.17) is 5.73 Å². The number of rotatable bonds is 7. The Hall–Kier alpha value is -0.610. The second kappa shape index (κ2) is 6.80. The third-order valence-corrected chi connectivity index (χ3v) is 2.49. The van der Waals surface area contributed by atoms with Crippen molar-refractivity contribution < 1.29 is 9.53 Å². The molecule has 0 saturated carbocycles. The van der Waals surface area contributed by atoms with E-state index in [9.17, 15) is 4.79 Å². The van der Waals surface area contributed by atoms with Gasteiger partial charge < -0.3 is 15.4 Å². The predicted octanol–water partition coefficient (Wildman–Crippen LogP) is 0.999. The summed E-state index contributed by atoms with van der Waals surface area (Å²) in [5.74, 6) is -0.333. The molecule has 0 spiro atoms. The van der Waals surface area contributed by atoms with Gasteiger partial charge in [-0.15, -0.1) is 0 Å². The van der Waals surface area contributed by atoms with Crippen LogP contribution in [0, 0.1) is 0 Å². The third-order valence-electron chi connectivity index (χ3n) is 2.49. The molecule has 0 bridgehead atoms. The van der Waals surface area contributed by atoms with Crippen LogP contribution in [0.3, 0.4) is 0 Å². The number of ether oxygens (including phenoxy) is 1. The summed E-state index contributed by atoms with van der Waals surface area (Å²) < 4.78 is 4.64. The highest BCUT2D eigenvalue weighted by Gasteiger charge is 2.28. The fraction of sp³-hybridized carbons (Fsp3) is 0.909. The predicted molar refractivity (Wildman–Crippen MR) is 61.6 cm³/mol. The van der Waals surface area contributed by atoms with Gasteiger partial charge in [-0.3, -0.25) is 4.79 Å². The van der Waals surface area contributed by atoms with Crippen LogP contribution >= 0.6 is 0 Å². The van der Waals surface area contributed by atoms with E-state index in [1.165, 1.54) is 7.11 Å². The second-order valence-corrected chi connectivity index (χ2v) is 4.32. The fourth-order valence-electron chi connectivity index (χ4n) is 1.54. The van der Waals surface area contributed by atoms with Crippen molar-refractivity contribution in [1.82, 2.24) is 4.90 Å². The van der Waals surface area contributed by atoms with E-state index in [0.717, 1.165) is 25.9 Å². The lowest BCUT2D eigenvalue weighted by Gasteiger charge is -2.23. The number of hydrogen-bond donors (Lipinski definition) is 1. The van der Waals surface area contributed by atoms with Gasteiger partial charge in [0.1, 0.15) is 5.54 Å². The molecular formula is C11H24N2O2. The first-order chi connectivity index (χ1) is 6.94. The van der Waals surface area contributed by atoms with Gasteiger partial charge in [-0.05, 0) is 46.3 Å². The lowest BCUT2D eigenvalue weighted by Crippen LogP contribution is -2.46. The average Bonchev–Trinajstić information content (AvgIpc) is 2.16. The fourth-order valence-corrected chi connectivity index (χ4v) is 1.54. The maximum Gasteiger partial charge on any atom is 0.325 e. The largest absolute Gasteiger partial charge is 0.468 e. The molecule has 1 atom stereocenters. The summed E-state index contributed by atoms with van der Waals surface area (Å²) in [6.07, 6.45) is 2.72. The van der Waals surface area contributed by atoms with Crippen molar-refractivity contribution >= 4 is 5.97 Å². The molecule has 4 heteroatoms. The molecule has 0 amide bonds. The number of nitrogens with zero attached hydrogens (tertiary/aromatic N) is 1. The van der Waals surface area contributed by atoms with E-state index >= 15 is 0 Å². The van der Waals surface area contributed by atoms with E-state index in [1.807, 2.05) is 0 Å². The second-order valence-electron chi connectivity index (χ2n) is 4.32. The average molecular weight is 216 g/mol. The Labute approximate surface area is 92.8 Å². The standard InChI is InChI=1S/C11H24N2O2/c1-5-8-13(3)9-6-7-11(2,12)10(14)15-4/h5-9,12H2,1-4H3. The number of nitrogens with two attached hydrogens (primary N) is 1. The van der Waals surface area contributed by atoms with Crippen LogP contribution in [-0.4, -0.2) is 43.7 Å². The summed E-state index contributed by atoms with van der Waals surface area (Å²) in [7, 11) is 3.45. The highest BCUT2D eigenvalue weighted by Crippen LogP contribution is 2.11. The Balaban J connectivity index is 3.79. The van der Waals surface area contributed by atoms with Crippen molar-refractivity contribution in [3.05, 3.63) is 0 Å². The van der Waals surface area contributed by atoms with Gasteiger partial charge in [0.05, 0.1) is 7.11 Å². The molecular weight excluding hydrogens is 192 g/mol. The third kappa shape index (κ3) is 5.74. The molecule has 1 unspecified atom stereocenters. The normalized spacial score (nSPS) is 15.1. The molecule has 0 saturated heterocycles. The quantitative estimate of drug-likeness (QED) is 0.645. The van der Waals surface area contributed by atoms with E-state index in [0.29, 0.717) is 6.42 Å². The topological polar surface area (TPSA) is 55.6 Å². The van der Waals surface area contributed by atoms with E-state index < -0.39 is 5.54 Å². The van der Waals surface area contributed by atoms with Crippen LogP contribution < -0.4 is 5.73 Å². The number of carbonyl (C=O) groups is 1. The van der Waals surface area contributed by atoms with Crippen LogP contribution in [0.5, 0.6) is 0 Å². The van der Waals surface area contributed by atoms with Crippen molar-refractivity contribution in [3.8, 4) is 0 Å². The molecule has 2 N–H and O–H groups in total. The summed E-state index contributed by atoms with van der Waals surface area (Å²) in [5, 5.41) is 0. The van der Waals surface area contributed by atoms with Crippen LogP contribution in [0.25, 0.3) is 0 Å². The van der Waals surface area contributed by atoms with Crippen LogP contribution in [0.2, 0.25) is 0 Å². The molecule has 0 fully saturated rings. The maximum atomic E-state index is 11.3. The Kier molecular flexibility index (Phi) is 6.52. The molecule has 0 aromatic heterocycles. The van der Waals surface area contributed by atoms with Crippen LogP contribution in [0.4, 0.5) is 0 Å². The first-order valence-electron chi connectivity index (χ1n) is 5.50. The highest BCUT2D eigenvalue weighted by molar-refractivity contribution is 5.79. The number of hydrogen-bond acceptors (Lipinski definition) is 4. The summed E-state index contributed by atoms with van der Waals surface area (Å²) in [6.45, 7) is 5.92. The molecule has 0 rings (SSSR count). The molecule has 0 aliphatic rings. The minimum atomic E-state index is -0.845. The molecule has 0 heterocycles. The molecule has 0 aromatic rings. The first-order valence-corrected chi connectivity index (χ1v) is 5.50. The van der Waals surface area contributed by atoms with Crippen molar-refractivity contribution in [2.75, 3.05) is 27.2 Å². The monoisotopic (exact) mass is 216 g/mol. The van der Waals surface area contributed by atoms with Gasteiger partial charge in [0.15, 0.2) is 0 Å². The lowest BCUT2D eigenvalue weighted by atomic mass is 9.97. The molecule has 90 valence electrons. The number of methoxy groups -OCH3 is 1. The van der Waals surface area contributed by atoms with Gasteiger partial charge in [-0.1, -0.05) is 6.92 Å². The zero-order valence-corrected chi connectivity index (χ0v) is 10.4. The Bertz CT molecular complexity index is 193. The van der Waals surface area contributed by atoms with Crippen molar-refractivity contribution in [2.24, 2.45) is 5.73 Å². The van der Waals surface area contributed by atoms with Crippen molar-refractivity contribution in [2.45, 2.75) is 38.6 Å². The lowest BCUT2D eigenvalue weighted by molar-refractivity contribution is -0.146. The molecule has 0 radical (unpaired) electrons. The summed E-state index contributed by atoms with van der Waals surface area (Å²) >= 11 is 0. The van der Waals surface area contributed by atoms with Gasteiger partial charge in [0.2, 0.25) is 0 Å². The summed E-state index contributed by atoms with van der Waals surface area (Å²) in [4.78, 5) is 13.5. The zero-order valence-electron chi connectivity index (χ0n) is 10.4. The van der Waals surface area contributed by atoms with E-state index in [-0.39, 0.29) is 5.97 Å². The Morgan fingerprint density at radius 2 is 2.07 bits per heavy atom. The van der Waals surface area contributed by atoms with Gasteiger partial charge >= 0.3 is 5.97 Å². The van der Waals surface area contributed by atoms with E-state index in [1.54, 1.807) is 6.92 Å². The molecule has 0 aliphatic heterocycles. The van der Waals surface area contributed by atoms with Crippen LogP contribution in [0.1, 0.15) is 33.1 Å². The highest BCUT2D eigenvalue weighted by atomic mass is 16.5. The smallest absolute Gasteiger partial charge is 0.325 e. The van der Waals surface area contributed by atoms with E-state index in [2.05, 4.69) is 23.6 Å². The van der Waals surface area contributed by atoms with Gasteiger partial charge in [0.25, 0.3) is 0 Å². The van der Waals surface area contributed by atoms with Gasteiger partial charge in [-0.2, -0.15) is 0 Å². The summed E-state index contributed by atoms with van der Waals surface area (Å²) in [6, 6.07) is 0. The van der Waals surface area contributed by atoms with Crippen molar-refractivity contribution in [1.29, 1.82) is 0 Å². The van der Waals surface area contributed by atoms with Crippen LogP contribution in [0.15, 0.2) is 0 Å². The van der Waals surface area contributed by atoms with Crippen molar-refractivity contribution in [3.63, 3.8) is 0 Å². The van der Waals surface area contributed by atoms with Gasteiger partial charge in [0, 0.05) is 0 Å². The number of esters is 1. The molecule has 0 aromatic carbocycles. The van der Waals surface area contributed by atoms with Crippen LogP contribution in [-0.2, 0) is 9.53 Å². The Morgan fingerprint density at radius 3 is 2.53 bits per heavy atom. The molecule has 4 nitrogen and oxygen atoms in total. The molecule has 15 heavy (non-hydrogen) atoms. The maximum absolute atomic E-state index is 11.3. The molecule has 0 aliphatic carbocycles. The van der Waals surface area contributed by atoms with Gasteiger partial charge in [-0.25, -0.2) is 0 Å². The number of carbonyl (C=O) groups excluding carboxylic acids is 1. The SMILES string of the molecule is CCCN(C)CCCC(C)(N)C(=O)OC. The zero-order chi connectivity index (χ0) is 11.9. The first kappa shape index (κ1) is 14.4. The minimum Gasteiger partial charge on any atom is -0.468 e. The Morgan fingerprint density at radius 1 is 1.47 bits per heavy atom. The minimum absolute atomic E-state index is 0.333.